The fourth-order valence-electron chi connectivity index (χ4n) is 2.18. The predicted octanol–water partition coefficient (Wildman–Crippen LogP) is -0.798. The highest BCUT2D eigenvalue weighted by atomic mass is 16.2. The number of likely N-dealkylation sites (tertiary alicyclic amines) is 1. The zero-order valence-electron chi connectivity index (χ0n) is 6.36. The number of piperidine rings is 1. The molecule has 0 aromatic heterocycles. The Hall–Kier alpha value is -0.770. The molecule has 1 saturated heterocycles. The largest absolute Gasteiger partial charge is 0.351 e. The number of hydrogen-bond acceptors (Lipinski definition) is 2. The average Bonchev–Trinajstić information content (AvgIpc) is 2.41. The Morgan fingerprint density at radius 1 is 1.45 bits per heavy atom. The van der Waals surface area contributed by atoms with E-state index in [1.54, 1.807) is 4.90 Å². The third-order valence-electron chi connectivity index (χ3n) is 2.96. The molecule has 2 atom stereocenters. The van der Waals surface area contributed by atoms with Gasteiger partial charge in [-0.1, -0.05) is 0 Å². The van der Waals surface area contributed by atoms with Crippen molar-refractivity contribution in [1.29, 1.82) is 0 Å². The summed E-state index contributed by atoms with van der Waals surface area (Å²) in [5.41, 5.74) is 10.6. The Kier molecular flexibility index (Phi) is 1.32. The quantitative estimate of drug-likeness (QED) is 0.520. The molecule has 2 amide bonds. The molecule has 0 bridgehead atoms. The van der Waals surface area contributed by atoms with Gasteiger partial charge in [0.25, 0.3) is 0 Å². The van der Waals surface area contributed by atoms with Crippen molar-refractivity contribution in [1.82, 2.24) is 4.90 Å². The van der Waals surface area contributed by atoms with Crippen LogP contribution in [0.1, 0.15) is 0 Å². The number of fused-ring (bicyclic) bond motifs is 1. The van der Waals surface area contributed by atoms with Crippen LogP contribution in [0.2, 0.25) is 0 Å². The first kappa shape index (κ1) is 6.91. The summed E-state index contributed by atoms with van der Waals surface area (Å²) in [4.78, 5) is 12.4. The molecule has 0 aromatic carbocycles. The van der Waals surface area contributed by atoms with E-state index in [4.69, 9.17) is 11.5 Å². The van der Waals surface area contributed by atoms with E-state index in [2.05, 4.69) is 0 Å². The molecule has 4 heteroatoms. The number of carbonyl (C=O) groups excluding carboxylic acids is 1. The van der Waals surface area contributed by atoms with Crippen LogP contribution in [0.4, 0.5) is 4.79 Å². The molecule has 2 rings (SSSR count). The third-order valence-corrected chi connectivity index (χ3v) is 2.96. The van der Waals surface area contributed by atoms with Crippen molar-refractivity contribution in [3.8, 4) is 0 Å². The zero-order chi connectivity index (χ0) is 8.01. The number of urea groups is 1. The lowest BCUT2D eigenvalue weighted by Gasteiger charge is -2.15. The van der Waals surface area contributed by atoms with Gasteiger partial charge in [0.2, 0.25) is 0 Å². The Labute approximate surface area is 65.5 Å². The first-order valence-corrected chi connectivity index (χ1v) is 3.98. The summed E-state index contributed by atoms with van der Waals surface area (Å²) in [5, 5.41) is 0. The monoisotopic (exact) mass is 155 g/mol. The summed E-state index contributed by atoms with van der Waals surface area (Å²) >= 11 is 0. The number of nitrogens with zero attached hydrogens (tertiary/aromatic N) is 1. The molecule has 4 nitrogen and oxygen atoms in total. The minimum absolute atomic E-state index is 0.284. The molecule has 0 spiro atoms. The molecule has 1 aliphatic heterocycles. The third kappa shape index (κ3) is 0.894. The summed E-state index contributed by atoms with van der Waals surface area (Å²) in [5.74, 6) is 1.99. The van der Waals surface area contributed by atoms with Gasteiger partial charge in [0, 0.05) is 13.1 Å². The summed E-state index contributed by atoms with van der Waals surface area (Å²) in [6.45, 7) is 2.44. The highest BCUT2D eigenvalue weighted by Gasteiger charge is 2.55. The van der Waals surface area contributed by atoms with Crippen LogP contribution in [0.15, 0.2) is 0 Å². The van der Waals surface area contributed by atoms with Gasteiger partial charge >= 0.3 is 6.03 Å². The van der Waals surface area contributed by atoms with Crippen molar-refractivity contribution in [2.75, 3.05) is 19.6 Å². The van der Waals surface area contributed by atoms with Gasteiger partial charge in [-0.2, -0.15) is 0 Å². The van der Waals surface area contributed by atoms with Gasteiger partial charge in [-0.3, -0.25) is 0 Å². The maximum Gasteiger partial charge on any atom is 0.314 e. The number of rotatable bonds is 1. The highest BCUT2D eigenvalue weighted by molar-refractivity contribution is 5.72. The van der Waals surface area contributed by atoms with Crippen LogP contribution in [-0.4, -0.2) is 30.6 Å². The normalized spacial score (nSPS) is 40.5. The van der Waals surface area contributed by atoms with Gasteiger partial charge < -0.3 is 16.4 Å². The van der Waals surface area contributed by atoms with Crippen molar-refractivity contribution in [2.45, 2.75) is 0 Å². The second-order valence-electron chi connectivity index (χ2n) is 3.47. The average molecular weight is 155 g/mol. The summed E-state index contributed by atoms with van der Waals surface area (Å²) < 4.78 is 0. The maximum absolute atomic E-state index is 10.7. The van der Waals surface area contributed by atoms with Crippen LogP contribution >= 0.6 is 0 Å². The van der Waals surface area contributed by atoms with Crippen molar-refractivity contribution < 1.29 is 4.79 Å². The number of amides is 2. The number of hydrogen-bond donors (Lipinski definition) is 2. The molecule has 2 aliphatic rings. The fraction of sp³-hybridized carbons (Fsp3) is 0.857. The van der Waals surface area contributed by atoms with Gasteiger partial charge in [0.05, 0.1) is 0 Å². The van der Waals surface area contributed by atoms with Crippen LogP contribution in [0.3, 0.4) is 0 Å². The van der Waals surface area contributed by atoms with E-state index in [0.29, 0.717) is 17.8 Å². The van der Waals surface area contributed by atoms with Gasteiger partial charge in [0.15, 0.2) is 0 Å². The minimum atomic E-state index is -0.284. The van der Waals surface area contributed by atoms with E-state index in [0.717, 1.165) is 19.6 Å². The molecule has 1 heterocycles. The highest BCUT2D eigenvalue weighted by Crippen LogP contribution is 2.50. The molecule has 0 aromatic rings. The Bertz CT molecular complexity index is 182. The van der Waals surface area contributed by atoms with Crippen LogP contribution in [0.5, 0.6) is 0 Å². The predicted molar refractivity (Wildman–Crippen MR) is 40.7 cm³/mol. The summed E-state index contributed by atoms with van der Waals surface area (Å²) in [6, 6.07) is -0.284. The van der Waals surface area contributed by atoms with Gasteiger partial charge in [-0.15, -0.1) is 0 Å². The molecule has 11 heavy (non-hydrogen) atoms. The summed E-state index contributed by atoms with van der Waals surface area (Å²) in [7, 11) is 0. The van der Waals surface area contributed by atoms with E-state index in [-0.39, 0.29) is 6.03 Å². The molecular formula is C7H13N3O. The van der Waals surface area contributed by atoms with Gasteiger partial charge in [0.1, 0.15) is 0 Å². The Morgan fingerprint density at radius 3 is 2.36 bits per heavy atom. The number of nitrogens with two attached hydrogens (primary N) is 2. The SMILES string of the molecule is NCC1C2CN(C(N)=O)CC12. The lowest BCUT2D eigenvalue weighted by atomic mass is 10.3. The standard InChI is InChI=1S/C7H13N3O/c8-1-4-5-2-10(7(9)11)3-6(4)5/h4-6H,1-3,8H2,(H2,9,11). The summed E-state index contributed by atoms with van der Waals surface area (Å²) in [6.07, 6.45) is 0. The van der Waals surface area contributed by atoms with Crippen LogP contribution in [0.25, 0.3) is 0 Å². The first-order valence-electron chi connectivity index (χ1n) is 3.98. The smallest absolute Gasteiger partial charge is 0.314 e. The second-order valence-corrected chi connectivity index (χ2v) is 3.47. The Morgan fingerprint density at radius 2 is 2.00 bits per heavy atom. The van der Waals surface area contributed by atoms with Crippen LogP contribution < -0.4 is 11.5 Å². The van der Waals surface area contributed by atoms with Crippen LogP contribution in [-0.2, 0) is 0 Å². The Balaban J connectivity index is 1.89. The topological polar surface area (TPSA) is 72.3 Å². The maximum atomic E-state index is 10.7. The molecule has 1 saturated carbocycles. The van der Waals surface area contributed by atoms with Crippen molar-refractivity contribution in [2.24, 2.45) is 29.2 Å². The number of carbonyl (C=O) groups is 1. The van der Waals surface area contributed by atoms with Gasteiger partial charge in [-0.05, 0) is 24.3 Å². The van der Waals surface area contributed by atoms with Crippen molar-refractivity contribution in [3.63, 3.8) is 0 Å². The molecule has 62 valence electrons. The molecule has 1 aliphatic carbocycles. The van der Waals surface area contributed by atoms with E-state index in [1.807, 2.05) is 0 Å². The zero-order valence-corrected chi connectivity index (χ0v) is 6.36. The second kappa shape index (κ2) is 2.11. The van der Waals surface area contributed by atoms with E-state index < -0.39 is 0 Å². The van der Waals surface area contributed by atoms with E-state index >= 15 is 0 Å². The molecule has 2 fully saturated rings. The molecule has 4 N–H and O–H groups in total. The van der Waals surface area contributed by atoms with Crippen molar-refractivity contribution in [3.05, 3.63) is 0 Å². The lowest BCUT2D eigenvalue weighted by Crippen LogP contribution is -2.36. The van der Waals surface area contributed by atoms with Crippen molar-refractivity contribution >= 4 is 6.03 Å². The number of primary amides is 1. The molecular weight excluding hydrogens is 142 g/mol. The van der Waals surface area contributed by atoms with E-state index in [1.165, 1.54) is 0 Å². The minimum Gasteiger partial charge on any atom is -0.351 e. The molecule has 0 radical (unpaired) electrons. The fourth-order valence-corrected chi connectivity index (χ4v) is 2.18. The first-order chi connectivity index (χ1) is 5.24. The van der Waals surface area contributed by atoms with Crippen LogP contribution in [0, 0.1) is 17.8 Å². The molecule has 2 unspecified atom stereocenters. The van der Waals surface area contributed by atoms with Gasteiger partial charge in [-0.25, -0.2) is 4.79 Å². The lowest BCUT2D eigenvalue weighted by molar-refractivity contribution is 0.210. The van der Waals surface area contributed by atoms with E-state index in [9.17, 15) is 4.79 Å².